The van der Waals surface area contributed by atoms with E-state index in [0.717, 1.165) is 19.6 Å². The number of esters is 1. The molecule has 0 N–H and O–H groups in total. The molecule has 3 heteroatoms. The molecular weight excluding hydrogens is 214 g/mol. The molecule has 0 spiro atoms. The van der Waals surface area contributed by atoms with Gasteiger partial charge in [0.1, 0.15) is 0 Å². The molecule has 0 aliphatic carbocycles. The number of rotatable bonds is 2. The van der Waals surface area contributed by atoms with E-state index in [4.69, 9.17) is 4.74 Å². The van der Waals surface area contributed by atoms with Crippen LogP contribution in [0.15, 0.2) is 30.3 Å². The summed E-state index contributed by atoms with van der Waals surface area (Å²) in [7, 11) is 0. The summed E-state index contributed by atoms with van der Waals surface area (Å²) >= 11 is 0. The molecule has 3 rings (SSSR count). The highest BCUT2D eigenvalue weighted by Crippen LogP contribution is 2.41. The number of benzene rings is 1. The molecule has 0 bridgehead atoms. The molecule has 2 atom stereocenters. The van der Waals surface area contributed by atoms with Crippen molar-refractivity contribution in [3.05, 3.63) is 35.9 Å². The molecule has 0 aromatic heterocycles. The molecule has 2 saturated heterocycles. The molecule has 2 fully saturated rings. The number of ether oxygens (including phenoxy) is 1. The summed E-state index contributed by atoms with van der Waals surface area (Å²) in [5.41, 5.74) is 1.34. The van der Waals surface area contributed by atoms with Crippen molar-refractivity contribution in [2.24, 2.45) is 11.3 Å². The number of cyclic esters (lactones) is 1. The maximum atomic E-state index is 11.6. The third-order valence-corrected chi connectivity index (χ3v) is 3.94. The van der Waals surface area contributed by atoms with E-state index in [2.05, 4.69) is 36.1 Å². The first kappa shape index (κ1) is 10.8. The highest BCUT2D eigenvalue weighted by atomic mass is 16.5. The van der Waals surface area contributed by atoms with Crippen molar-refractivity contribution < 1.29 is 9.53 Å². The number of fused-ring (bicyclic) bond motifs is 1. The summed E-state index contributed by atoms with van der Waals surface area (Å²) in [4.78, 5) is 14.0. The van der Waals surface area contributed by atoms with Crippen LogP contribution in [0.1, 0.15) is 12.5 Å². The number of carbonyl (C=O) groups excluding carboxylic acids is 1. The number of nitrogens with zero attached hydrogens (tertiary/aromatic N) is 1. The number of carbonyl (C=O) groups is 1. The van der Waals surface area contributed by atoms with Gasteiger partial charge in [0, 0.05) is 25.0 Å². The van der Waals surface area contributed by atoms with Crippen LogP contribution in [0.2, 0.25) is 0 Å². The van der Waals surface area contributed by atoms with Crippen LogP contribution < -0.4 is 0 Å². The number of hydrogen-bond acceptors (Lipinski definition) is 3. The van der Waals surface area contributed by atoms with Crippen LogP contribution in [0.25, 0.3) is 0 Å². The van der Waals surface area contributed by atoms with Gasteiger partial charge in [-0.3, -0.25) is 9.69 Å². The first-order valence-corrected chi connectivity index (χ1v) is 6.10. The summed E-state index contributed by atoms with van der Waals surface area (Å²) in [6.07, 6.45) is 0. The molecule has 2 aliphatic rings. The molecule has 2 unspecified atom stereocenters. The largest absolute Gasteiger partial charge is 0.465 e. The van der Waals surface area contributed by atoms with Gasteiger partial charge in [-0.1, -0.05) is 37.3 Å². The lowest BCUT2D eigenvalue weighted by Gasteiger charge is -2.20. The molecule has 90 valence electrons. The van der Waals surface area contributed by atoms with Crippen LogP contribution in [0, 0.1) is 11.3 Å². The molecule has 2 aliphatic heterocycles. The zero-order valence-electron chi connectivity index (χ0n) is 10.1. The van der Waals surface area contributed by atoms with Crippen LogP contribution in [0.5, 0.6) is 0 Å². The Kier molecular flexibility index (Phi) is 2.44. The van der Waals surface area contributed by atoms with Crippen molar-refractivity contribution in [1.29, 1.82) is 0 Å². The Balaban J connectivity index is 1.71. The second kappa shape index (κ2) is 3.84. The number of likely N-dealkylation sites (tertiary alicyclic amines) is 1. The fourth-order valence-electron chi connectivity index (χ4n) is 2.97. The van der Waals surface area contributed by atoms with Gasteiger partial charge in [-0.2, -0.15) is 0 Å². The average Bonchev–Trinajstić information content (AvgIpc) is 2.77. The molecule has 1 aromatic rings. The highest BCUT2D eigenvalue weighted by Gasteiger charge is 2.52. The van der Waals surface area contributed by atoms with Gasteiger partial charge in [-0.15, -0.1) is 0 Å². The topological polar surface area (TPSA) is 29.5 Å². The normalized spacial score (nSPS) is 32.5. The highest BCUT2D eigenvalue weighted by molar-refractivity contribution is 5.76. The lowest BCUT2D eigenvalue weighted by atomic mass is 9.83. The van der Waals surface area contributed by atoms with Crippen molar-refractivity contribution >= 4 is 5.97 Å². The Bertz CT molecular complexity index is 431. The minimum Gasteiger partial charge on any atom is -0.465 e. The summed E-state index contributed by atoms with van der Waals surface area (Å²) in [6, 6.07) is 10.4. The third-order valence-electron chi connectivity index (χ3n) is 3.94. The van der Waals surface area contributed by atoms with E-state index in [1.165, 1.54) is 5.56 Å². The lowest BCUT2D eigenvalue weighted by Crippen LogP contribution is -2.27. The van der Waals surface area contributed by atoms with Gasteiger partial charge in [-0.25, -0.2) is 0 Å². The monoisotopic (exact) mass is 231 g/mol. The van der Waals surface area contributed by atoms with Crippen molar-refractivity contribution in [3.63, 3.8) is 0 Å². The maximum Gasteiger partial charge on any atom is 0.310 e. The molecule has 0 amide bonds. The van der Waals surface area contributed by atoms with Crippen molar-refractivity contribution in [2.45, 2.75) is 13.5 Å². The smallest absolute Gasteiger partial charge is 0.310 e. The molecule has 17 heavy (non-hydrogen) atoms. The zero-order chi connectivity index (χ0) is 11.9. The van der Waals surface area contributed by atoms with Crippen LogP contribution >= 0.6 is 0 Å². The maximum absolute atomic E-state index is 11.6. The van der Waals surface area contributed by atoms with Gasteiger partial charge in [0.2, 0.25) is 0 Å². The molecule has 3 nitrogen and oxygen atoms in total. The Morgan fingerprint density at radius 1 is 1.41 bits per heavy atom. The predicted octanol–water partition coefficient (Wildman–Crippen LogP) is 1.68. The van der Waals surface area contributed by atoms with Gasteiger partial charge >= 0.3 is 5.97 Å². The van der Waals surface area contributed by atoms with E-state index >= 15 is 0 Å². The van der Waals surface area contributed by atoms with Crippen LogP contribution in [0.4, 0.5) is 0 Å². The van der Waals surface area contributed by atoms with E-state index in [1.54, 1.807) is 0 Å². The van der Waals surface area contributed by atoms with Gasteiger partial charge in [0.15, 0.2) is 0 Å². The summed E-state index contributed by atoms with van der Waals surface area (Å²) in [5, 5.41) is 0. The number of hydrogen-bond donors (Lipinski definition) is 0. The van der Waals surface area contributed by atoms with Gasteiger partial charge < -0.3 is 4.74 Å². The summed E-state index contributed by atoms with van der Waals surface area (Å²) in [6.45, 7) is 5.47. The van der Waals surface area contributed by atoms with E-state index < -0.39 is 0 Å². The van der Waals surface area contributed by atoms with Gasteiger partial charge in [-0.05, 0) is 5.56 Å². The molecule has 1 aromatic carbocycles. The van der Waals surface area contributed by atoms with E-state index in [9.17, 15) is 4.79 Å². The molecule has 0 radical (unpaired) electrons. The molecule has 2 heterocycles. The first-order valence-electron chi connectivity index (χ1n) is 6.10. The summed E-state index contributed by atoms with van der Waals surface area (Å²) in [5.74, 6) is 0.0641. The molecule has 0 saturated carbocycles. The quantitative estimate of drug-likeness (QED) is 0.725. The van der Waals surface area contributed by atoms with E-state index in [-0.39, 0.29) is 17.3 Å². The zero-order valence-corrected chi connectivity index (χ0v) is 10.1. The van der Waals surface area contributed by atoms with Crippen molar-refractivity contribution in [2.75, 3.05) is 19.7 Å². The predicted molar refractivity (Wildman–Crippen MR) is 64.3 cm³/mol. The Labute approximate surface area is 101 Å². The van der Waals surface area contributed by atoms with Crippen molar-refractivity contribution in [3.8, 4) is 0 Å². The van der Waals surface area contributed by atoms with Gasteiger partial charge in [0.05, 0.1) is 12.5 Å². The van der Waals surface area contributed by atoms with Crippen molar-refractivity contribution in [1.82, 2.24) is 4.90 Å². The minimum absolute atomic E-state index is 0.0111. The molecular formula is C14H17NO2. The Morgan fingerprint density at radius 3 is 2.88 bits per heavy atom. The van der Waals surface area contributed by atoms with Crippen LogP contribution in [-0.4, -0.2) is 30.6 Å². The first-order chi connectivity index (χ1) is 8.17. The summed E-state index contributed by atoms with van der Waals surface area (Å²) < 4.78 is 5.16. The van der Waals surface area contributed by atoms with E-state index in [0.29, 0.717) is 6.61 Å². The fraction of sp³-hybridized carbons (Fsp3) is 0.500. The van der Waals surface area contributed by atoms with Gasteiger partial charge in [0.25, 0.3) is 0 Å². The minimum atomic E-state index is -0.0111. The lowest BCUT2D eigenvalue weighted by molar-refractivity contribution is -0.141. The van der Waals surface area contributed by atoms with E-state index in [1.807, 2.05) is 6.07 Å². The standard InChI is InChI=1S/C14H17NO2/c1-14-9-15(7-11-5-3-2-4-6-11)8-12(14)13(16)17-10-14/h2-6,12H,7-10H2,1H3. The SMILES string of the molecule is CC12COC(=O)C1CN(Cc1ccccc1)C2. The second-order valence-corrected chi connectivity index (χ2v) is 5.47. The second-order valence-electron chi connectivity index (χ2n) is 5.47. The average molecular weight is 231 g/mol. The third kappa shape index (κ3) is 1.84. The Hall–Kier alpha value is -1.35. The fourth-order valence-corrected chi connectivity index (χ4v) is 2.97. The van der Waals surface area contributed by atoms with Crippen LogP contribution in [-0.2, 0) is 16.1 Å². The Morgan fingerprint density at radius 2 is 2.18 bits per heavy atom. The van der Waals surface area contributed by atoms with Crippen LogP contribution in [0.3, 0.4) is 0 Å².